The fourth-order valence-electron chi connectivity index (χ4n) is 6.56. The van der Waals surface area contributed by atoms with Crippen LogP contribution in [0.4, 0.5) is 0 Å². The van der Waals surface area contributed by atoms with Gasteiger partial charge in [-0.3, -0.25) is 4.79 Å². The summed E-state index contributed by atoms with van der Waals surface area (Å²) in [6.07, 6.45) is -11.0. The molecule has 7 unspecified atom stereocenters. The van der Waals surface area contributed by atoms with Crippen LogP contribution < -0.4 is 4.74 Å². The van der Waals surface area contributed by atoms with Gasteiger partial charge in [0, 0.05) is 5.56 Å². The minimum atomic E-state index is -3.85. The first-order chi connectivity index (χ1) is 26.7. The van der Waals surface area contributed by atoms with Gasteiger partial charge in [-0.15, -0.1) is 0 Å². The van der Waals surface area contributed by atoms with Gasteiger partial charge in [0.1, 0.15) is 18.8 Å². The number of fused-ring (bicyclic) bond motifs is 3. The molecule has 12 N–H and O–H groups in total. The molecule has 300 valence electrons. The van der Waals surface area contributed by atoms with Crippen molar-refractivity contribution < 1.29 is 114 Å². The second-order valence-corrected chi connectivity index (χ2v) is 12.9. The van der Waals surface area contributed by atoms with Crippen molar-refractivity contribution in [1.29, 1.82) is 0 Å². The number of rotatable bonds is 5. The fraction of sp³-hybridized carbons (Fsp3) is 0.265. The minimum absolute atomic E-state index is 0.330. The van der Waals surface area contributed by atoms with Crippen molar-refractivity contribution in [3.8, 4) is 51.7 Å². The molecule has 0 radical (unpaired) electrons. The first-order valence-corrected chi connectivity index (χ1v) is 16.0. The van der Waals surface area contributed by atoms with E-state index < -0.39 is 164 Å². The minimum Gasteiger partial charge on any atom is -0.504 e. The first-order valence-electron chi connectivity index (χ1n) is 16.0. The van der Waals surface area contributed by atoms with Crippen LogP contribution in [0.2, 0.25) is 0 Å². The van der Waals surface area contributed by atoms with Crippen LogP contribution in [0.15, 0.2) is 42.0 Å². The Morgan fingerprint density at radius 3 is 1.81 bits per heavy atom. The van der Waals surface area contributed by atoms with Gasteiger partial charge in [-0.05, 0) is 36.4 Å². The topological polar surface area (TPSA) is 383 Å². The van der Waals surface area contributed by atoms with E-state index in [4.69, 9.17) is 28.4 Å². The summed E-state index contributed by atoms with van der Waals surface area (Å²) in [7, 11) is 0. The van der Waals surface area contributed by atoms with Crippen molar-refractivity contribution in [3.05, 3.63) is 64.2 Å². The van der Waals surface area contributed by atoms with Crippen molar-refractivity contribution in [2.24, 2.45) is 0 Å². The van der Waals surface area contributed by atoms with Crippen LogP contribution in [0, 0.1) is 0 Å². The molecule has 1 saturated heterocycles. The van der Waals surface area contributed by atoms with Crippen LogP contribution in [-0.4, -0.2) is 140 Å². The molecule has 0 saturated carbocycles. The molecule has 23 heteroatoms. The second-order valence-electron chi connectivity index (χ2n) is 12.9. The van der Waals surface area contributed by atoms with Crippen molar-refractivity contribution in [2.45, 2.75) is 48.2 Å². The number of phenolic OH excluding ortho intramolecular Hbond substituents is 8. The Morgan fingerprint density at radius 1 is 0.702 bits per heavy atom. The molecular weight excluding hydrogens is 776 g/mol. The quantitative estimate of drug-likeness (QED) is 0.0571. The average molecular weight is 803 g/mol. The van der Waals surface area contributed by atoms with Gasteiger partial charge < -0.3 is 89.7 Å². The summed E-state index contributed by atoms with van der Waals surface area (Å²) >= 11 is 0. The normalized spacial score (nSPS) is 27.1. The average Bonchev–Trinajstić information content (AvgIpc) is 3.15. The van der Waals surface area contributed by atoms with Crippen molar-refractivity contribution in [3.63, 3.8) is 0 Å². The van der Waals surface area contributed by atoms with E-state index in [9.17, 15) is 85.3 Å². The maximum Gasteiger partial charge on any atom is 0.340 e. The Kier molecular flexibility index (Phi) is 8.74. The summed E-state index contributed by atoms with van der Waals surface area (Å²) in [6.45, 7) is -1.11. The monoisotopic (exact) mass is 802 g/mol. The zero-order valence-corrected chi connectivity index (χ0v) is 28.0. The molecule has 1 aliphatic carbocycles. The molecule has 3 aliphatic heterocycles. The Balaban J connectivity index is 1.34. The fourth-order valence-corrected chi connectivity index (χ4v) is 6.56. The van der Waals surface area contributed by atoms with Crippen LogP contribution >= 0.6 is 0 Å². The maximum absolute atomic E-state index is 13.9. The van der Waals surface area contributed by atoms with Gasteiger partial charge in [-0.25, -0.2) is 19.2 Å². The van der Waals surface area contributed by atoms with E-state index in [-0.39, 0.29) is 0 Å². The van der Waals surface area contributed by atoms with Gasteiger partial charge in [0.05, 0.1) is 28.2 Å². The van der Waals surface area contributed by atoms with Crippen LogP contribution in [0.3, 0.4) is 0 Å². The molecule has 3 aromatic rings. The van der Waals surface area contributed by atoms with Gasteiger partial charge in [0.25, 0.3) is 5.79 Å². The molecule has 23 nitrogen and oxygen atoms in total. The Bertz CT molecular complexity index is 2280. The number of carbonyl (C=O) groups is 5. The number of ketones is 1. The zero-order valence-electron chi connectivity index (χ0n) is 28.0. The summed E-state index contributed by atoms with van der Waals surface area (Å²) in [6, 6.07) is 3.05. The molecule has 0 spiro atoms. The molecule has 4 bridgehead atoms. The highest BCUT2D eigenvalue weighted by atomic mass is 16.7. The molecule has 57 heavy (non-hydrogen) atoms. The smallest absolute Gasteiger partial charge is 0.340 e. The number of aromatic hydroxyl groups is 8. The third-order valence-corrected chi connectivity index (χ3v) is 9.42. The SMILES string of the molecule is O=C1OC2C(COC(=O)c3cc(O)c(O)c(O)c3)OC(OC(=O)c3cc(O)c(O)c(O)c3)C(OC(=O)c3cc(O)c(O)c4c3C3C1=CC(=O)C(O)(O4)C3(O)O)C2O. The number of aliphatic hydroxyl groups excluding tert-OH is 1. The first kappa shape index (κ1) is 38.2. The highest BCUT2D eigenvalue weighted by Crippen LogP contribution is 2.58. The standard InChI is InChI=1S/C34H26O23/c35-12-1-8(2-13(36)21(12)41)28(45)52-7-17-25-24(44)27(32(53-17)56-29(46)9-3-14(37)22(42)15(38)4-9)55-30(47)10-5-16(39)23(43)26-19(10)20-11(31(48)54-25)6-18(40)34(51,57-26)33(20,49)50/h1-6,17,20,24-25,27,32,35-39,41-44,49-51H,7H2. The van der Waals surface area contributed by atoms with E-state index in [0.717, 1.165) is 0 Å². The molecule has 4 aliphatic rings. The summed E-state index contributed by atoms with van der Waals surface area (Å²) in [5.74, 6) is -27.6. The van der Waals surface area contributed by atoms with E-state index in [1.165, 1.54) is 0 Å². The Hall–Kier alpha value is -7.05. The Morgan fingerprint density at radius 2 is 1.23 bits per heavy atom. The largest absolute Gasteiger partial charge is 0.504 e. The van der Waals surface area contributed by atoms with E-state index in [1.807, 2.05) is 0 Å². The number of hydrogen-bond donors (Lipinski definition) is 12. The molecule has 0 amide bonds. The molecule has 7 atom stereocenters. The van der Waals surface area contributed by atoms with E-state index in [0.29, 0.717) is 36.4 Å². The van der Waals surface area contributed by atoms with Crippen molar-refractivity contribution in [1.82, 2.24) is 0 Å². The number of benzene rings is 3. The van der Waals surface area contributed by atoms with Gasteiger partial charge >= 0.3 is 29.7 Å². The second kappa shape index (κ2) is 13.0. The van der Waals surface area contributed by atoms with Crippen LogP contribution in [0.1, 0.15) is 42.6 Å². The number of esters is 4. The van der Waals surface area contributed by atoms with Crippen LogP contribution in [-0.2, 0) is 33.3 Å². The van der Waals surface area contributed by atoms with Gasteiger partial charge in [0.2, 0.25) is 17.8 Å². The van der Waals surface area contributed by atoms with Crippen molar-refractivity contribution in [2.75, 3.05) is 6.61 Å². The molecule has 1 fully saturated rings. The van der Waals surface area contributed by atoms with Gasteiger partial charge in [0.15, 0.2) is 58.2 Å². The lowest BCUT2D eigenvalue weighted by molar-refractivity contribution is -0.339. The molecule has 7 rings (SSSR count). The number of ether oxygens (including phenoxy) is 6. The lowest BCUT2D eigenvalue weighted by atomic mass is 9.70. The highest BCUT2D eigenvalue weighted by Gasteiger charge is 2.70. The summed E-state index contributed by atoms with van der Waals surface area (Å²) in [5.41, 5.74) is -4.18. The molecule has 0 aromatic heterocycles. The molecule has 3 aromatic carbocycles. The Labute approximate surface area is 314 Å². The third-order valence-electron chi connectivity index (χ3n) is 9.42. The van der Waals surface area contributed by atoms with E-state index >= 15 is 0 Å². The lowest BCUT2D eigenvalue weighted by Gasteiger charge is -2.49. The number of carbonyl (C=O) groups excluding carboxylic acids is 5. The van der Waals surface area contributed by atoms with Crippen LogP contribution in [0.5, 0.6) is 51.7 Å². The summed E-state index contributed by atoms with van der Waals surface area (Å²) < 4.78 is 32.1. The summed E-state index contributed by atoms with van der Waals surface area (Å²) in [5, 5.41) is 125. The summed E-state index contributed by atoms with van der Waals surface area (Å²) in [4.78, 5) is 67.3. The lowest BCUT2D eigenvalue weighted by Crippen LogP contribution is -2.70. The maximum atomic E-state index is 13.9. The number of phenols is 8. The number of aliphatic hydroxyl groups is 4. The molecule has 3 heterocycles. The zero-order chi connectivity index (χ0) is 41.6. The van der Waals surface area contributed by atoms with Crippen LogP contribution in [0.25, 0.3) is 0 Å². The van der Waals surface area contributed by atoms with E-state index in [2.05, 4.69) is 0 Å². The predicted octanol–water partition coefficient (Wildman–Crippen LogP) is -2.06. The van der Waals surface area contributed by atoms with E-state index in [1.54, 1.807) is 0 Å². The molecular formula is C34H26O23. The van der Waals surface area contributed by atoms with Crippen molar-refractivity contribution >= 4 is 29.7 Å². The predicted molar refractivity (Wildman–Crippen MR) is 171 cm³/mol. The van der Waals surface area contributed by atoms with Gasteiger partial charge in [-0.1, -0.05) is 0 Å². The highest BCUT2D eigenvalue weighted by molar-refractivity contribution is 6.08. The third kappa shape index (κ3) is 5.84. The number of hydrogen-bond acceptors (Lipinski definition) is 23. The van der Waals surface area contributed by atoms with Gasteiger partial charge in [-0.2, -0.15) is 0 Å².